The number of carbonyl (C=O) groups excluding carboxylic acids is 4. The van der Waals surface area contributed by atoms with E-state index < -0.39 is 24.0 Å². The van der Waals surface area contributed by atoms with Crippen LogP contribution < -0.4 is 16.0 Å². The summed E-state index contributed by atoms with van der Waals surface area (Å²) in [5, 5.41) is 7.64. The lowest BCUT2D eigenvalue weighted by Crippen LogP contribution is -2.47. The molecule has 0 fully saturated rings. The summed E-state index contributed by atoms with van der Waals surface area (Å²) in [4.78, 5) is 48.9. The molecule has 3 N–H and O–H groups in total. The largest absolute Gasteiger partial charge is 0.463 e. The molecule has 0 saturated carbocycles. The minimum atomic E-state index is -0.902. The third-order valence-corrected chi connectivity index (χ3v) is 4.53. The number of benzene rings is 1. The van der Waals surface area contributed by atoms with Crippen molar-refractivity contribution in [2.24, 2.45) is 5.92 Å². The lowest BCUT2D eigenvalue weighted by atomic mass is 10.0. The average Bonchev–Trinajstić information content (AvgIpc) is 2.70. The van der Waals surface area contributed by atoms with Crippen LogP contribution >= 0.6 is 0 Å². The molecule has 0 saturated heterocycles. The van der Waals surface area contributed by atoms with Crippen LogP contribution in [-0.4, -0.2) is 49.7 Å². The number of hydrogen-bond donors (Lipinski definition) is 3. The Morgan fingerprint density at radius 3 is 2.50 bits per heavy atom. The number of carbonyl (C=O) groups is 4. The predicted octanol–water partition coefficient (Wildman–Crippen LogP) is 1.42. The van der Waals surface area contributed by atoms with Crippen LogP contribution in [0.25, 0.3) is 0 Å². The van der Waals surface area contributed by atoms with E-state index in [-0.39, 0.29) is 42.9 Å². The number of hydrogen-bond acceptors (Lipinski definition) is 6. The summed E-state index contributed by atoms with van der Waals surface area (Å²) in [6.45, 7) is 6.83. The van der Waals surface area contributed by atoms with Crippen molar-refractivity contribution < 1.29 is 28.7 Å². The lowest BCUT2D eigenvalue weighted by molar-refractivity contribution is -0.146. The highest BCUT2D eigenvalue weighted by Crippen LogP contribution is 2.12. The van der Waals surface area contributed by atoms with Gasteiger partial charge in [0.1, 0.15) is 12.6 Å². The molecule has 0 spiro atoms. The lowest BCUT2D eigenvalue weighted by Gasteiger charge is -2.24. The van der Waals surface area contributed by atoms with E-state index in [4.69, 9.17) is 9.47 Å². The maximum atomic E-state index is 12.7. The molecule has 0 radical (unpaired) electrons. The number of aryl methyl sites for hydroxylation is 1. The zero-order chi connectivity index (χ0) is 22.3. The number of urea groups is 1. The van der Waals surface area contributed by atoms with Crippen molar-refractivity contribution in [2.45, 2.75) is 33.7 Å². The van der Waals surface area contributed by atoms with Gasteiger partial charge in [0.25, 0.3) is 5.91 Å². The third-order valence-electron chi connectivity index (χ3n) is 4.53. The van der Waals surface area contributed by atoms with Gasteiger partial charge in [0.2, 0.25) is 0 Å². The minimum Gasteiger partial charge on any atom is -0.463 e. The first-order chi connectivity index (χ1) is 14.2. The zero-order valence-corrected chi connectivity index (χ0v) is 17.5. The van der Waals surface area contributed by atoms with E-state index in [1.54, 1.807) is 45.9 Å². The van der Waals surface area contributed by atoms with Crippen molar-refractivity contribution in [3.63, 3.8) is 0 Å². The maximum absolute atomic E-state index is 12.7. The maximum Gasteiger partial charge on any atom is 0.337 e. The van der Waals surface area contributed by atoms with Crippen LogP contribution in [0.15, 0.2) is 35.5 Å². The molecule has 1 aliphatic rings. The topological polar surface area (TPSA) is 123 Å². The summed E-state index contributed by atoms with van der Waals surface area (Å²) < 4.78 is 10.3. The van der Waals surface area contributed by atoms with E-state index in [0.717, 1.165) is 5.56 Å². The average molecular weight is 417 g/mol. The number of nitrogens with one attached hydrogen (secondary N) is 3. The molecular weight excluding hydrogens is 390 g/mol. The van der Waals surface area contributed by atoms with Crippen LogP contribution in [0.4, 0.5) is 4.79 Å². The van der Waals surface area contributed by atoms with Gasteiger partial charge in [-0.3, -0.25) is 4.79 Å². The Labute approximate surface area is 175 Å². The van der Waals surface area contributed by atoms with E-state index >= 15 is 0 Å². The van der Waals surface area contributed by atoms with Crippen LogP contribution in [0.5, 0.6) is 0 Å². The summed E-state index contributed by atoms with van der Waals surface area (Å²) >= 11 is 0. The second kappa shape index (κ2) is 10.4. The second-order valence-corrected chi connectivity index (χ2v) is 7.10. The number of esters is 2. The van der Waals surface area contributed by atoms with Gasteiger partial charge < -0.3 is 25.4 Å². The van der Waals surface area contributed by atoms with Crippen LogP contribution in [0.2, 0.25) is 0 Å². The molecule has 3 amide bonds. The predicted molar refractivity (Wildman–Crippen MR) is 108 cm³/mol. The Kier molecular flexibility index (Phi) is 7.97. The Morgan fingerprint density at radius 2 is 1.87 bits per heavy atom. The summed E-state index contributed by atoms with van der Waals surface area (Å²) in [6.07, 6.45) is 0. The monoisotopic (exact) mass is 417 g/mol. The first-order valence-corrected chi connectivity index (χ1v) is 9.71. The molecule has 9 heteroatoms. The van der Waals surface area contributed by atoms with Crippen LogP contribution in [-0.2, 0) is 19.1 Å². The van der Waals surface area contributed by atoms with E-state index in [1.165, 1.54) is 0 Å². The molecule has 1 aromatic carbocycles. The van der Waals surface area contributed by atoms with Gasteiger partial charge in [-0.1, -0.05) is 32.0 Å². The van der Waals surface area contributed by atoms with Gasteiger partial charge in [-0.25, -0.2) is 14.4 Å². The molecule has 1 aliphatic heterocycles. The van der Waals surface area contributed by atoms with Gasteiger partial charge in [-0.05, 0) is 31.4 Å². The molecule has 2 rings (SSSR count). The van der Waals surface area contributed by atoms with Gasteiger partial charge in [0.15, 0.2) is 0 Å². The SMILES string of the molecule is CCOC(=O)C1=C(COC(=O)[C@@H](NC(=O)c2ccccc2C)C(C)C)NC(=O)NC1. The second-order valence-electron chi connectivity index (χ2n) is 7.10. The molecular formula is C21H27N3O6. The highest BCUT2D eigenvalue weighted by Gasteiger charge is 2.29. The molecule has 9 nitrogen and oxygen atoms in total. The molecule has 0 bridgehead atoms. The van der Waals surface area contributed by atoms with Gasteiger partial charge >= 0.3 is 18.0 Å². The Balaban J connectivity index is 2.10. The van der Waals surface area contributed by atoms with Crippen molar-refractivity contribution in [3.05, 3.63) is 46.7 Å². The first kappa shape index (κ1) is 22.9. The van der Waals surface area contributed by atoms with Crippen molar-refractivity contribution in [3.8, 4) is 0 Å². The molecule has 1 aromatic rings. The van der Waals surface area contributed by atoms with Crippen molar-refractivity contribution in [2.75, 3.05) is 19.8 Å². The molecule has 0 aromatic heterocycles. The van der Waals surface area contributed by atoms with E-state index in [9.17, 15) is 19.2 Å². The van der Waals surface area contributed by atoms with Gasteiger partial charge in [-0.2, -0.15) is 0 Å². The first-order valence-electron chi connectivity index (χ1n) is 9.71. The highest BCUT2D eigenvalue weighted by molar-refractivity contribution is 5.98. The quantitative estimate of drug-likeness (QED) is 0.550. The summed E-state index contributed by atoms with van der Waals surface area (Å²) in [7, 11) is 0. The molecule has 0 unspecified atom stereocenters. The molecule has 0 aliphatic carbocycles. The van der Waals surface area contributed by atoms with E-state index in [0.29, 0.717) is 5.56 Å². The van der Waals surface area contributed by atoms with Crippen LogP contribution in [0.1, 0.15) is 36.7 Å². The normalized spacial score (nSPS) is 14.5. The fraction of sp³-hybridized carbons (Fsp3) is 0.429. The highest BCUT2D eigenvalue weighted by atomic mass is 16.5. The van der Waals surface area contributed by atoms with Crippen LogP contribution in [0, 0.1) is 12.8 Å². The molecule has 162 valence electrons. The summed E-state index contributed by atoms with van der Waals surface area (Å²) in [5.41, 5.74) is 1.58. The number of rotatable bonds is 8. The van der Waals surface area contributed by atoms with E-state index in [2.05, 4.69) is 16.0 Å². The standard InChI is InChI=1S/C21H27N3O6/c1-5-29-19(26)15-10-22-21(28)23-16(15)11-30-20(27)17(12(2)3)24-18(25)14-9-7-6-8-13(14)4/h6-9,12,17H,5,10-11H2,1-4H3,(H,24,25)(H2,22,23,28)/t17-/m0/s1. The fourth-order valence-corrected chi connectivity index (χ4v) is 2.85. The molecule has 30 heavy (non-hydrogen) atoms. The smallest absolute Gasteiger partial charge is 0.337 e. The van der Waals surface area contributed by atoms with E-state index in [1.807, 2.05) is 6.07 Å². The van der Waals surface area contributed by atoms with Gasteiger partial charge in [0, 0.05) is 5.56 Å². The summed E-state index contributed by atoms with van der Waals surface area (Å²) in [6, 6.07) is 5.63. The van der Waals surface area contributed by atoms with Gasteiger partial charge in [-0.15, -0.1) is 0 Å². The van der Waals surface area contributed by atoms with Crippen LogP contribution in [0.3, 0.4) is 0 Å². The zero-order valence-electron chi connectivity index (χ0n) is 17.5. The van der Waals surface area contributed by atoms with Crippen molar-refractivity contribution >= 4 is 23.9 Å². The van der Waals surface area contributed by atoms with Crippen molar-refractivity contribution in [1.82, 2.24) is 16.0 Å². The Hall–Kier alpha value is -3.36. The number of amides is 3. The van der Waals surface area contributed by atoms with Crippen molar-refractivity contribution in [1.29, 1.82) is 0 Å². The minimum absolute atomic E-state index is 0.0326. The Morgan fingerprint density at radius 1 is 1.17 bits per heavy atom. The van der Waals surface area contributed by atoms with Gasteiger partial charge in [0.05, 0.1) is 24.4 Å². The molecule has 1 heterocycles. The Bertz CT molecular complexity index is 862. The fourth-order valence-electron chi connectivity index (χ4n) is 2.85. The number of ether oxygens (including phenoxy) is 2. The molecule has 1 atom stereocenters. The summed E-state index contributed by atoms with van der Waals surface area (Å²) in [5.74, 6) is -1.91. The third kappa shape index (κ3) is 5.82.